The first-order valence-corrected chi connectivity index (χ1v) is 8.75. The normalized spacial score (nSPS) is 23.8. The van der Waals surface area contributed by atoms with Gasteiger partial charge in [0.2, 0.25) is 0 Å². The van der Waals surface area contributed by atoms with Gasteiger partial charge in [-0.25, -0.2) is 0 Å². The van der Waals surface area contributed by atoms with Crippen LogP contribution >= 0.6 is 23.1 Å². The number of benzene rings is 1. The molecule has 1 N–H and O–H groups in total. The van der Waals surface area contributed by atoms with Crippen molar-refractivity contribution in [2.45, 2.75) is 37.1 Å². The Kier molecular flexibility index (Phi) is 3.92. The summed E-state index contributed by atoms with van der Waals surface area (Å²) in [5.74, 6) is 0. The van der Waals surface area contributed by atoms with Gasteiger partial charge in [-0.1, -0.05) is 18.2 Å². The Balaban J connectivity index is 1.63. The zero-order chi connectivity index (χ0) is 12.4. The number of rotatable bonds is 4. The molecule has 1 heterocycles. The lowest BCUT2D eigenvalue weighted by Crippen LogP contribution is -2.25. The van der Waals surface area contributed by atoms with Gasteiger partial charge < -0.3 is 5.32 Å². The van der Waals surface area contributed by atoms with Crippen molar-refractivity contribution in [3.63, 3.8) is 0 Å². The first-order valence-electron chi connectivity index (χ1n) is 6.58. The molecule has 0 spiro atoms. The van der Waals surface area contributed by atoms with Crippen LogP contribution in [0.2, 0.25) is 0 Å². The van der Waals surface area contributed by atoms with E-state index in [1.165, 1.54) is 34.9 Å². The molecule has 0 bridgehead atoms. The van der Waals surface area contributed by atoms with Crippen LogP contribution in [0.1, 0.15) is 24.8 Å². The fourth-order valence-corrected chi connectivity index (χ4v) is 4.52. The summed E-state index contributed by atoms with van der Waals surface area (Å²) in [5, 5.41) is 8.34. The summed E-state index contributed by atoms with van der Waals surface area (Å²) >= 11 is 3.88. The van der Waals surface area contributed by atoms with Crippen molar-refractivity contribution < 1.29 is 0 Å². The summed E-state index contributed by atoms with van der Waals surface area (Å²) in [7, 11) is 0. The highest BCUT2D eigenvalue weighted by atomic mass is 32.2. The summed E-state index contributed by atoms with van der Waals surface area (Å²) < 4.78 is 1.41. The van der Waals surface area contributed by atoms with E-state index in [1.54, 1.807) is 0 Å². The summed E-state index contributed by atoms with van der Waals surface area (Å²) in [6.07, 6.45) is 6.29. The van der Waals surface area contributed by atoms with Gasteiger partial charge in [-0.15, -0.1) is 11.3 Å². The number of thiophene rings is 1. The van der Waals surface area contributed by atoms with Crippen LogP contribution in [-0.2, 0) is 6.54 Å². The van der Waals surface area contributed by atoms with Crippen molar-refractivity contribution in [1.29, 1.82) is 0 Å². The van der Waals surface area contributed by atoms with Gasteiger partial charge in [0.05, 0.1) is 0 Å². The maximum absolute atomic E-state index is 3.73. The minimum absolute atomic E-state index is 0.723. The van der Waals surface area contributed by atoms with E-state index in [1.807, 2.05) is 23.1 Å². The molecule has 2 atom stereocenters. The molecule has 96 valence electrons. The molecule has 1 aliphatic rings. The zero-order valence-electron chi connectivity index (χ0n) is 10.7. The third kappa shape index (κ3) is 2.58. The van der Waals surface area contributed by atoms with Crippen LogP contribution < -0.4 is 5.32 Å². The van der Waals surface area contributed by atoms with Crippen LogP contribution in [0.25, 0.3) is 10.1 Å². The van der Waals surface area contributed by atoms with E-state index >= 15 is 0 Å². The Morgan fingerprint density at radius 2 is 2.22 bits per heavy atom. The molecule has 2 aromatic rings. The fourth-order valence-electron chi connectivity index (χ4n) is 2.76. The highest BCUT2D eigenvalue weighted by Gasteiger charge is 2.23. The molecule has 2 unspecified atom stereocenters. The highest BCUT2D eigenvalue weighted by molar-refractivity contribution is 7.99. The Labute approximate surface area is 117 Å². The van der Waals surface area contributed by atoms with E-state index in [9.17, 15) is 0 Å². The van der Waals surface area contributed by atoms with Gasteiger partial charge in [0.1, 0.15) is 0 Å². The first kappa shape index (κ1) is 12.5. The van der Waals surface area contributed by atoms with Crippen molar-refractivity contribution in [3.05, 3.63) is 35.2 Å². The van der Waals surface area contributed by atoms with Gasteiger partial charge in [-0.3, -0.25) is 0 Å². The number of thioether (sulfide) groups is 1. The molecule has 1 aromatic carbocycles. The molecular formula is C15H19NS2. The minimum Gasteiger partial charge on any atom is -0.310 e. The molecule has 0 saturated heterocycles. The average molecular weight is 277 g/mol. The molecule has 0 amide bonds. The predicted octanol–water partition coefficient (Wildman–Crippen LogP) is 4.28. The van der Waals surface area contributed by atoms with Crippen molar-refractivity contribution in [2.75, 3.05) is 6.26 Å². The fraction of sp³-hybridized carbons (Fsp3) is 0.467. The SMILES string of the molecule is CSC1CCC(NCc2csc3ccccc23)C1. The maximum atomic E-state index is 3.73. The Morgan fingerprint density at radius 3 is 3.06 bits per heavy atom. The standard InChI is InChI=1S/C15H19NS2/c1-17-13-7-6-12(8-13)16-9-11-10-18-15-5-3-2-4-14(11)15/h2-5,10,12-13,16H,6-9H2,1H3. The number of hydrogen-bond donors (Lipinski definition) is 1. The Morgan fingerprint density at radius 1 is 1.33 bits per heavy atom. The van der Waals surface area contributed by atoms with E-state index < -0.39 is 0 Å². The smallest absolute Gasteiger partial charge is 0.0346 e. The highest BCUT2D eigenvalue weighted by Crippen LogP contribution is 2.29. The van der Waals surface area contributed by atoms with Gasteiger partial charge in [-0.2, -0.15) is 11.8 Å². The summed E-state index contributed by atoms with van der Waals surface area (Å²) in [6, 6.07) is 9.43. The summed E-state index contributed by atoms with van der Waals surface area (Å²) in [4.78, 5) is 0. The Hall–Kier alpha value is -0.510. The third-order valence-corrected chi connectivity index (χ3v) is 5.97. The lowest BCUT2D eigenvalue weighted by molar-refractivity contribution is 0.527. The molecule has 0 aliphatic heterocycles. The largest absolute Gasteiger partial charge is 0.310 e. The van der Waals surface area contributed by atoms with Gasteiger partial charge >= 0.3 is 0 Å². The summed E-state index contributed by atoms with van der Waals surface area (Å²) in [5.41, 5.74) is 1.46. The second kappa shape index (κ2) is 5.64. The average Bonchev–Trinajstić information content (AvgIpc) is 3.03. The second-order valence-electron chi connectivity index (χ2n) is 5.01. The van der Waals surface area contributed by atoms with Crippen molar-refractivity contribution >= 4 is 33.2 Å². The van der Waals surface area contributed by atoms with E-state index in [-0.39, 0.29) is 0 Å². The topological polar surface area (TPSA) is 12.0 Å². The zero-order valence-corrected chi connectivity index (χ0v) is 12.3. The summed E-state index contributed by atoms with van der Waals surface area (Å²) in [6.45, 7) is 1.02. The quantitative estimate of drug-likeness (QED) is 0.895. The lowest BCUT2D eigenvalue weighted by atomic mass is 10.1. The number of nitrogens with one attached hydrogen (secondary N) is 1. The van der Waals surface area contributed by atoms with E-state index in [2.05, 4.69) is 41.2 Å². The molecule has 3 rings (SSSR count). The number of hydrogen-bond acceptors (Lipinski definition) is 3. The van der Waals surface area contributed by atoms with Crippen LogP contribution in [0.5, 0.6) is 0 Å². The van der Waals surface area contributed by atoms with Crippen LogP contribution in [0.3, 0.4) is 0 Å². The number of fused-ring (bicyclic) bond motifs is 1. The predicted molar refractivity (Wildman–Crippen MR) is 83.6 cm³/mol. The monoisotopic (exact) mass is 277 g/mol. The van der Waals surface area contributed by atoms with E-state index in [4.69, 9.17) is 0 Å². The van der Waals surface area contributed by atoms with Crippen LogP contribution in [0.15, 0.2) is 29.6 Å². The third-order valence-electron chi connectivity index (χ3n) is 3.86. The van der Waals surface area contributed by atoms with Crippen molar-refractivity contribution in [3.8, 4) is 0 Å². The van der Waals surface area contributed by atoms with Crippen LogP contribution in [-0.4, -0.2) is 17.5 Å². The Bertz CT molecular complexity index is 520. The molecule has 1 saturated carbocycles. The van der Waals surface area contributed by atoms with Crippen LogP contribution in [0.4, 0.5) is 0 Å². The maximum Gasteiger partial charge on any atom is 0.0346 e. The minimum atomic E-state index is 0.723. The van der Waals surface area contributed by atoms with Crippen molar-refractivity contribution in [1.82, 2.24) is 5.32 Å². The molecule has 3 heteroatoms. The van der Waals surface area contributed by atoms with Gasteiger partial charge in [0.15, 0.2) is 0 Å². The first-order chi connectivity index (χ1) is 8.86. The molecule has 1 fully saturated rings. The molecular weight excluding hydrogens is 258 g/mol. The molecule has 0 radical (unpaired) electrons. The van der Waals surface area contributed by atoms with Gasteiger partial charge in [-0.05, 0) is 47.9 Å². The second-order valence-corrected chi connectivity index (χ2v) is 7.05. The van der Waals surface area contributed by atoms with Gasteiger partial charge in [0, 0.05) is 22.5 Å². The molecule has 1 aliphatic carbocycles. The molecule has 18 heavy (non-hydrogen) atoms. The van der Waals surface area contributed by atoms with Crippen molar-refractivity contribution in [2.24, 2.45) is 0 Å². The molecule has 1 aromatic heterocycles. The van der Waals surface area contributed by atoms with E-state index in [0.29, 0.717) is 0 Å². The lowest BCUT2D eigenvalue weighted by Gasteiger charge is -2.12. The molecule has 1 nitrogen and oxygen atoms in total. The van der Waals surface area contributed by atoms with E-state index in [0.717, 1.165) is 17.8 Å². The van der Waals surface area contributed by atoms with Crippen LogP contribution in [0, 0.1) is 0 Å². The van der Waals surface area contributed by atoms with Gasteiger partial charge in [0.25, 0.3) is 0 Å².